The lowest BCUT2D eigenvalue weighted by molar-refractivity contribution is -0.129. The van der Waals surface area contributed by atoms with Crippen molar-refractivity contribution in [1.29, 1.82) is 0 Å². The summed E-state index contributed by atoms with van der Waals surface area (Å²) in [6.45, 7) is 6.06. The summed E-state index contributed by atoms with van der Waals surface area (Å²) in [6, 6.07) is 10.1. The highest BCUT2D eigenvalue weighted by Gasteiger charge is 2.33. The summed E-state index contributed by atoms with van der Waals surface area (Å²) in [7, 11) is 0. The summed E-state index contributed by atoms with van der Waals surface area (Å²) in [5.41, 5.74) is 0. The Morgan fingerprint density at radius 1 is 1.33 bits per heavy atom. The first-order chi connectivity index (χ1) is 11.6. The van der Waals surface area contributed by atoms with Gasteiger partial charge in [-0.2, -0.15) is 0 Å². The van der Waals surface area contributed by atoms with Crippen molar-refractivity contribution < 1.29 is 4.79 Å². The van der Waals surface area contributed by atoms with Gasteiger partial charge in [0.2, 0.25) is 5.91 Å². The van der Waals surface area contributed by atoms with E-state index in [0.29, 0.717) is 11.7 Å². The minimum Gasteiger partial charge on any atom is -0.332 e. The Kier molecular flexibility index (Phi) is 5.56. The van der Waals surface area contributed by atoms with E-state index < -0.39 is 0 Å². The zero-order chi connectivity index (χ0) is 16.9. The molecule has 2 aromatic rings. The fraction of sp³-hybridized carbons (Fsp3) is 0.500. The third-order valence-electron chi connectivity index (χ3n) is 4.18. The molecular formula is C18H24N4OS. The van der Waals surface area contributed by atoms with E-state index in [-0.39, 0.29) is 11.9 Å². The first kappa shape index (κ1) is 17.0. The van der Waals surface area contributed by atoms with Gasteiger partial charge < -0.3 is 9.47 Å². The zero-order valence-electron chi connectivity index (χ0n) is 14.3. The SMILES string of the molecule is CC(C)Cn1cnnc1C1CCCN1C(=O)CSc1ccccc1. The van der Waals surface area contributed by atoms with Crippen molar-refractivity contribution in [3.05, 3.63) is 42.5 Å². The Hall–Kier alpha value is -1.82. The summed E-state index contributed by atoms with van der Waals surface area (Å²) in [4.78, 5) is 15.8. The molecule has 0 radical (unpaired) electrons. The predicted molar refractivity (Wildman–Crippen MR) is 95.7 cm³/mol. The summed E-state index contributed by atoms with van der Waals surface area (Å²) in [5.74, 6) is 2.11. The Bertz CT molecular complexity index is 671. The third kappa shape index (κ3) is 3.98. The number of aromatic nitrogens is 3. The molecule has 0 aliphatic carbocycles. The Morgan fingerprint density at radius 2 is 2.12 bits per heavy atom. The molecule has 0 saturated carbocycles. The number of amides is 1. The molecule has 1 aromatic heterocycles. The van der Waals surface area contributed by atoms with E-state index in [1.54, 1.807) is 18.1 Å². The van der Waals surface area contributed by atoms with Gasteiger partial charge in [0, 0.05) is 18.0 Å². The maximum absolute atomic E-state index is 12.7. The van der Waals surface area contributed by atoms with E-state index in [0.717, 1.165) is 36.7 Å². The average molecular weight is 344 g/mol. The second-order valence-electron chi connectivity index (χ2n) is 6.58. The zero-order valence-corrected chi connectivity index (χ0v) is 15.1. The molecule has 5 nitrogen and oxygen atoms in total. The second kappa shape index (κ2) is 7.83. The molecule has 6 heteroatoms. The van der Waals surface area contributed by atoms with Crippen molar-refractivity contribution in [1.82, 2.24) is 19.7 Å². The van der Waals surface area contributed by atoms with Crippen LogP contribution in [-0.2, 0) is 11.3 Å². The highest BCUT2D eigenvalue weighted by Crippen LogP contribution is 2.32. The average Bonchev–Trinajstić information content (AvgIpc) is 3.21. The highest BCUT2D eigenvalue weighted by atomic mass is 32.2. The summed E-state index contributed by atoms with van der Waals surface area (Å²) >= 11 is 1.60. The van der Waals surface area contributed by atoms with Crippen LogP contribution in [0.3, 0.4) is 0 Å². The van der Waals surface area contributed by atoms with Gasteiger partial charge in [0.25, 0.3) is 0 Å². The van der Waals surface area contributed by atoms with Crippen LogP contribution in [-0.4, -0.2) is 37.9 Å². The molecule has 2 heterocycles. The smallest absolute Gasteiger partial charge is 0.233 e. The van der Waals surface area contributed by atoms with Crippen molar-refractivity contribution in [2.75, 3.05) is 12.3 Å². The van der Waals surface area contributed by atoms with Crippen LogP contribution in [0.2, 0.25) is 0 Å². The molecule has 1 fully saturated rings. The van der Waals surface area contributed by atoms with Crippen LogP contribution in [0.5, 0.6) is 0 Å². The van der Waals surface area contributed by atoms with Gasteiger partial charge in [-0.25, -0.2) is 0 Å². The number of rotatable bonds is 6. The normalized spacial score (nSPS) is 17.6. The van der Waals surface area contributed by atoms with Crippen LogP contribution in [0.4, 0.5) is 0 Å². The predicted octanol–water partition coefficient (Wildman–Crippen LogP) is 3.39. The van der Waals surface area contributed by atoms with Crippen LogP contribution in [0.15, 0.2) is 41.6 Å². The number of hydrogen-bond acceptors (Lipinski definition) is 4. The van der Waals surface area contributed by atoms with Crippen LogP contribution >= 0.6 is 11.8 Å². The lowest BCUT2D eigenvalue weighted by atomic mass is 10.2. The monoisotopic (exact) mass is 344 g/mol. The molecule has 1 aliphatic rings. The molecule has 0 bridgehead atoms. The van der Waals surface area contributed by atoms with E-state index in [4.69, 9.17) is 0 Å². The second-order valence-corrected chi connectivity index (χ2v) is 7.63. The lowest BCUT2D eigenvalue weighted by Gasteiger charge is -2.24. The van der Waals surface area contributed by atoms with Gasteiger partial charge in [0.1, 0.15) is 6.33 Å². The number of likely N-dealkylation sites (tertiary alicyclic amines) is 1. The van der Waals surface area contributed by atoms with E-state index >= 15 is 0 Å². The quantitative estimate of drug-likeness (QED) is 0.754. The summed E-state index contributed by atoms with van der Waals surface area (Å²) in [5, 5.41) is 8.39. The number of benzene rings is 1. The molecule has 1 aliphatic heterocycles. The molecule has 0 N–H and O–H groups in total. The summed E-state index contributed by atoms with van der Waals surface area (Å²) in [6.07, 6.45) is 3.79. The van der Waals surface area contributed by atoms with Gasteiger partial charge in [0.05, 0.1) is 11.8 Å². The maximum Gasteiger partial charge on any atom is 0.233 e. The molecule has 0 spiro atoms. The molecular weight excluding hydrogens is 320 g/mol. The van der Waals surface area contributed by atoms with Gasteiger partial charge in [-0.1, -0.05) is 32.0 Å². The van der Waals surface area contributed by atoms with E-state index in [2.05, 4.69) is 28.6 Å². The number of carbonyl (C=O) groups is 1. The molecule has 1 amide bonds. The fourth-order valence-corrected chi connectivity index (χ4v) is 3.94. The van der Waals surface area contributed by atoms with Gasteiger partial charge in [-0.15, -0.1) is 22.0 Å². The highest BCUT2D eigenvalue weighted by molar-refractivity contribution is 8.00. The number of carbonyl (C=O) groups excluding carboxylic acids is 1. The topological polar surface area (TPSA) is 51.0 Å². The van der Waals surface area contributed by atoms with Gasteiger partial charge in [0.15, 0.2) is 5.82 Å². The van der Waals surface area contributed by atoms with Crippen molar-refractivity contribution >= 4 is 17.7 Å². The van der Waals surface area contributed by atoms with Gasteiger partial charge in [-0.3, -0.25) is 4.79 Å². The van der Waals surface area contributed by atoms with E-state index in [1.165, 1.54) is 0 Å². The van der Waals surface area contributed by atoms with Crippen molar-refractivity contribution in [3.63, 3.8) is 0 Å². The number of hydrogen-bond donors (Lipinski definition) is 0. The lowest BCUT2D eigenvalue weighted by Crippen LogP contribution is -2.33. The Morgan fingerprint density at radius 3 is 2.88 bits per heavy atom. The number of thioether (sulfide) groups is 1. The fourth-order valence-electron chi connectivity index (χ4n) is 3.13. The third-order valence-corrected chi connectivity index (χ3v) is 5.18. The van der Waals surface area contributed by atoms with E-state index in [9.17, 15) is 4.79 Å². The Balaban J connectivity index is 1.67. The maximum atomic E-state index is 12.7. The largest absolute Gasteiger partial charge is 0.332 e. The standard InChI is InChI=1S/C18H24N4OS/c1-14(2)11-21-13-19-20-18(21)16-9-6-10-22(16)17(23)12-24-15-7-4-3-5-8-15/h3-5,7-8,13-14,16H,6,9-12H2,1-2H3. The molecule has 1 atom stereocenters. The van der Waals surface area contributed by atoms with Gasteiger partial charge in [-0.05, 0) is 30.9 Å². The van der Waals surface area contributed by atoms with Crippen molar-refractivity contribution in [3.8, 4) is 0 Å². The molecule has 128 valence electrons. The van der Waals surface area contributed by atoms with Crippen LogP contribution in [0.25, 0.3) is 0 Å². The Labute approximate surface area is 147 Å². The minimum absolute atomic E-state index is 0.0649. The molecule has 3 rings (SSSR count). The van der Waals surface area contributed by atoms with Crippen molar-refractivity contribution in [2.24, 2.45) is 5.92 Å². The molecule has 24 heavy (non-hydrogen) atoms. The molecule has 1 saturated heterocycles. The van der Waals surface area contributed by atoms with Crippen molar-refractivity contribution in [2.45, 2.75) is 44.2 Å². The first-order valence-electron chi connectivity index (χ1n) is 8.50. The molecule has 1 aromatic carbocycles. The summed E-state index contributed by atoms with van der Waals surface area (Å²) < 4.78 is 2.10. The van der Waals surface area contributed by atoms with Crippen LogP contribution in [0, 0.1) is 5.92 Å². The van der Waals surface area contributed by atoms with Crippen LogP contribution < -0.4 is 0 Å². The minimum atomic E-state index is 0.0649. The first-order valence-corrected chi connectivity index (χ1v) is 9.48. The van der Waals surface area contributed by atoms with Gasteiger partial charge >= 0.3 is 0 Å². The molecule has 1 unspecified atom stereocenters. The van der Waals surface area contributed by atoms with E-state index in [1.807, 2.05) is 35.2 Å². The number of nitrogens with zero attached hydrogens (tertiary/aromatic N) is 4. The van der Waals surface area contributed by atoms with Crippen LogP contribution in [0.1, 0.15) is 38.6 Å².